The summed E-state index contributed by atoms with van der Waals surface area (Å²) in [5.41, 5.74) is 5.62. The van der Waals surface area contributed by atoms with E-state index in [1.165, 1.54) is 31.3 Å². The predicted octanol–water partition coefficient (Wildman–Crippen LogP) is 5.88. The number of nitrogens with one attached hydrogen (secondary N) is 1. The Morgan fingerprint density at radius 1 is 1.26 bits per heavy atom. The Kier molecular flexibility index (Phi) is 10.2. The minimum atomic E-state index is -0.643. The summed E-state index contributed by atoms with van der Waals surface area (Å²) in [6.45, 7) is 18.9. The summed E-state index contributed by atoms with van der Waals surface area (Å²) in [5, 5.41) is 20.2. The van der Waals surface area contributed by atoms with E-state index in [0.717, 1.165) is 17.6 Å². The van der Waals surface area contributed by atoms with Crippen molar-refractivity contribution >= 4 is 5.91 Å². The van der Waals surface area contributed by atoms with E-state index in [4.69, 9.17) is 4.84 Å². The van der Waals surface area contributed by atoms with Crippen LogP contribution in [0.3, 0.4) is 0 Å². The number of aliphatic hydroxyl groups is 2. The highest BCUT2D eigenvalue weighted by Gasteiger charge is 2.50. The van der Waals surface area contributed by atoms with Gasteiger partial charge in [0.25, 0.3) is 0 Å². The van der Waals surface area contributed by atoms with Crippen molar-refractivity contribution < 1.29 is 19.8 Å². The fourth-order valence-corrected chi connectivity index (χ4v) is 6.19. The maximum absolute atomic E-state index is 12.1. The molecule has 6 atom stereocenters. The average Bonchev–Trinajstić information content (AvgIpc) is 3.13. The Labute approximate surface area is 207 Å². The third kappa shape index (κ3) is 6.61. The smallest absolute Gasteiger partial charge is 0.248 e. The largest absolute Gasteiger partial charge is 0.393 e. The van der Waals surface area contributed by atoms with Crippen molar-refractivity contribution in [2.24, 2.45) is 28.6 Å². The van der Waals surface area contributed by atoms with Crippen molar-refractivity contribution in [3.63, 3.8) is 0 Å². The second-order valence-corrected chi connectivity index (χ2v) is 11.6. The van der Waals surface area contributed by atoms with Gasteiger partial charge in [-0.05, 0) is 72.8 Å². The van der Waals surface area contributed by atoms with Crippen LogP contribution in [-0.2, 0) is 9.63 Å². The van der Waals surface area contributed by atoms with Crippen LogP contribution in [0.15, 0.2) is 35.5 Å². The topological polar surface area (TPSA) is 78.8 Å². The molecule has 3 aliphatic carbocycles. The van der Waals surface area contributed by atoms with Crippen LogP contribution in [0.4, 0.5) is 0 Å². The fourth-order valence-electron chi connectivity index (χ4n) is 6.19. The number of aliphatic hydroxyl groups excluding tert-OH is 2. The molecular weight excluding hydrogens is 426 g/mol. The molecule has 1 amide bonds. The molecule has 3 N–H and O–H groups in total. The van der Waals surface area contributed by atoms with Gasteiger partial charge in [-0.3, -0.25) is 9.63 Å². The number of hydrogen-bond acceptors (Lipinski definition) is 4. The third-order valence-electron chi connectivity index (χ3n) is 8.18. The third-order valence-corrected chi connectivity index (χ3v) is 8.18. The van der Waals surface area contributed by atoms with Gasteiger partial charge < -0.3 is 10.2 Å². The Balaban J connectivity index is 0.00000199. The molecule has 5 heteroatoms. The van der Waals surface area contributed by atoms with Crippen molar-refractivity contribution in [3.8, 4) is 0 Å². The van der Waals surface area contributed by atoms with E-state index in [2.05, 4.69) is 38.1 Å². The molecule has 3 fully saturated rings. The zero-order valence-corrected chi connectivity index (χ0v) is 22.6. The zero-order valence-electron chi connectivity index (χ0n) is 22.6. The van der Waals surface area contributed by atoms with Crippen LogP contribution in [0, 0.1) is 28.6 Å². The molecule has 0 spiro atoms. The number of allylic oxidation sites excluding steroid dienone is 3. The Bertz CT molecular complexity index is 777. The average molecular weight is 476 g/mol. The van der Waals surface area contributed by atoms with Crippen LogP contribution >= 0.6 is 0 Å². The molecule has 2 unspecified atom stereocenters. The summed E-state index contributed by atoms with van der Waals surface area (Å²) in [6.07, 6.45) is 10.0. The molecule has 0 heterocycles. The highest BCUT2D eigenvalue weighted by atomic mass is 16.7. The van der Waals surface area contributed by atoms with Crippen molar-refractivity contribution in [2.45, 2.75) is 106 Å². The molecule has 0 bridgehead atoms. The fraction of sp³-hybridized carbons (Fsp3) is 0.759. The molecule has 3 aliphatic rings. The van der Waals surface area contributed by atoms with Gasteiger partial charge in [-0.2, -0.15) is 0 Å². The lowest BCUT2D eigenvalue weighted by molar-refractivity contribution is -0.143. The van der Waals surface area contributed by atoms with Gasteiger partial charge in [0.1, 0.15) is 0 Å². The molecule has 3 rings (SSSR count). The highest BCUT2D eigenvalue weighted by molar-refractivity contribution is 5.80. The SMILES string of the molecule is C=C1/C(=C\C=C2/CCCC3(C)[C@@H]([C@H](C)CONC(=O)C(C)(C)C)CC[C@@H]23)C[C@@H](O)CC1O.CC. The number of rotatable bonds is 5. The van der Waals surface area contributed by atoms with Gasteiger partial charge >= 0.3 is 0 Å². The molecule has 0 radical (unpaired) electrons. The van der Waals surface area contributed by atoms with E-state index in [0.29, 0.717) is 37.2 Å². The second kappa shape index (κ2) is 12.0. The molecule has 0 aromatic rings. The summed E-state index contributed by atoms with van der Waals surface area (Å²) in [5.74, 6) is 1.39. The lowest BCUT2D eigenvalue weighted by Crippen LogP contribution is -2.39. The van der Waals surface area contributed by atoms with Gasteiger partial charge in [0.05, 0.1) is 18.8 Å². The van der Waals surface area contributed by atoms with Crippen LogP contribution in [-0.4, -0.2) is 34.9 Å². The van der Waals surface area contributed by atoms with Crippen LogP contribution < -0.4 is 5.48 Å². The summed E-state index contributed by atoms with van der Waals surface area (Å²) in [6, 6.07) is 0. The van der Waals surface area contributed by atoms with E-state index in [9.17, 15) is 15.0 Å². The van der Waals surface area contributed by atoms with Crippen LogP contribution in [0.2, 0.25) is 0 Å². The Hall–Kier alpha value is -1.43. The van der Waals surface area contributed by atoms with Crippen LogP contribution in [0.1, 0.15) is 93.4 Å². The van der Waals surface area contributed by atoms with Gasteiger partial charge in [-0.25, -0.2) is 5.48 Å². The summed E-state index contributed by atoms with van der Waals surface area (Å²) < 4.78 is 0. The second-order valence-electron chi connectivity index (χ2n) is 11.6. The first-order valence-corrected chi connectivity index (χ1v) is 13.3. The molecule has 5 nitrogen and oxygen atoms in total. The first-order valence-electron chi connectivity index (χ1n) is 13.3. The van der Waals surface area contributed by atoms with Crippen LogP contribution in [0.5, 0.6) is 0 Å². The maximum Gasteiger partial charge on any atom is 0.248 e. The van der Waals surface area contributed by atoms with E-state index in [-0.39, 0.29) is 11.3 Å². The van der Waals surface area contributed by atoms with Gasteiger partial charge in [0, 0.05) is 11.8 Å². The predicted molar refractivity (Wildman–Crippen MR) is 139 cm³/mol. The normalized spacial score (nSPS) is 34.9. The summed E-state index contributed by atoms with van der Waals surface area (Å²) in [4.78, 5) is 17.7. The summed E-state index contributed by atoms with van der Waals surface area (Å²) in [7, 11) is 0. The molecule has 194 valence electrons. The minimum Gasteiger partial charge on any atom is -0.393 e. The number of carbonyl (C=O) groups is 1. The van der Waals surface area contributed by atoms with Crippen molar-refractivity contribution in [3.05, 3.63) is 35.5 Å². The lowest BCUT2D eigenvalue weighted by atomic mass is 9.61. The number of carbonyl (C=O) groups excluding carboxylic acids is 1. The Morgan fingerprint density at radius 3 is 2.59 bits per heavy atom. The van der Waals surface area contributed by atoms with Gasteiger partial charge in [0.15, 0.2) is 0 Å². The van der Waals surface area contributed by atoms with Crippen molar-refractivity contribution in [2.75, 3.05) is 6.61 Å². The molecule has 3 saturated carbocycles. The molecule has 34 heavy (non-hydrogen) atoms. The summed E-state index contributed by atoms with van der Waals surface area (Å²) >= 11 is 0. The monoisotopic (exact) mass is 475 g/mol. The zero-order chi connectivity index (χ0) is 25.7. The molecule has 0 aromatic carbocycles. The van der Waals surface area contributed by atoms with E-state index >= 15 is 0 Å². The maximum atomic E-state index is 12.1. The van der Waals surface area contributed by atoms with E-state index < -0.39 is 17.6 Å². The minimum absolute atomic E-state index is 0.0873. The van der Waals surface area contributed by atoms with Gasteiger partial charge in [-0.1, -0.05) is 72.8 Å². The molecular formula is C29H49NO4. The van der Waals surface area contributed by atoms with E-state index in [1.807, 2.05) is 34.6 Å². The first-order chi connectivity index (χ1) is 15.9. The number of amides is 1. The standard InChI is InChI=1S/C27H43NO4.C2H6/c1-17(16-32-28-25(31)26(3,4)5)22-11-12-23-19(8-7-13-27(22,23)6)9-10-20-14-21(29)15-24(30)18(20)2;1-2/h9-10,17,21-24,29-30H,2,7-8,11-16H2,1,3-6H3,(H,28,31);1-2H3/b19-9+,20-10-;/t17-,21-,22-,23+,24?,27?;/m1./s1. The number of fused-ring (bicyclic) bond motifs is 1. The number of hydrogen-bond donors (Lipinski definition) is 3. The first kappa shape index (κ1) is 28.8. The molecule has 0 saturated heterocycles. The van der Waals surface area contributed by atoms with Gasteiger partial charge in [-0.15, -0.1) is 0 Å². The van der Waals surface area contributed by atoms with E-state index in [1.54, 1.807) is 0 Å². The Morgan fingerprint density at radius 2 is 1.94 bits per heavy atom. The number of hydroxylamine groups is 1. The lowest BCUT2D eigenvalue weighted by Gasteiger charge is -2.44. The van der Waals surface area contributed by atoms with Crippen molar-refractivity contribution in [1.29, 1.82) is 0 Å². The molecule has 0 aromatic heterocycles. The van der Waals surface area contributed by atoms with Crippen molar-refractivity contribution in [1.82, 2.24) is 5.48 Å². The van der Waals surface area contributed by atoms with Crippen LogP contribution in [0.25, 0.3) is 0 Å². The highest BCUT2D eigenvalue weighted by Crippen LogP contribution is 2.59. The molecule has 0 aliphatic heterocycles. The van der Waals surface area contributed by atoms with Gasteiger partial charge in [0.2, 0.25) is 5.91 Å². The quantitative estimate of drug-likeness (QED) is 0.434.